The molecule has 1 saturated carbocycles. The minimum atomic E-state index is -1.28. The van der Waals surface area contributed by atoms with Gasteiger partial charge in [0, 0.05) is 41.3 Å². The van der Waals surface area contributed by atoms with Crippen molar-refractivity contribution in [3.8, 4) is 22.8 Å². The molecule has 1 unspecified atom stereocenters. The molecular weight excluding hydrogens is 564 g/mol. The topological polar surface area (TPSA) is 93.2 Å². The van der Waals surface area contributed by atoms with Gasteiger partial charge in [0.2, 0.25) is 11.8 Å². The molecule has 2 amide bonds. The molecule has 43 heavy (non-hydrogen) atoms. The van der Waals surface area contributed by atoms with E-state index in [1.54, 1.807) is 13.0 Å². The lowest BCUT2D eigenvalue weighted by molar-refractivity contribution is -0.133. The van der Waals surface area contributed by atoms with Gasteiger partial charge in [-0.3, -0.25) is 19.6 Å². The van der Waals surface area contributed by atoms with Gasteiger partial charge in [-0.05, 0) is 73.9 Å². The summed E-state index contributed by atoms with van der Waals surface area (Å²) in [5.41, 5.74) is 0.545. The van der Waals surface area contributed by atoms with Crippen LogP contribution in [0, 0.1) is 28.8 Å². The van der Waals surface area contributed by atoms with Gasteiger partial charge in [0.25, 0.3) is 0 Å². The Kier molecular flexibility index (Phi) is 7.17. The molecule has 2 aromatic carbocycles. The number of fused-ring (bicyclic) bond motifs is 1. The fourth-order valence-corrected chi connectivity index (χ4v) is 4.83. The van der Waals surface area contributed by atoms with Crippen LogP contribution in [0.15, 0.2) is 84.6 Å². The van der Waals surface area contributed by atoms with Crippen molar-refractivity contribution in [1.29, 1.82) is 0 Å². The molecular formula is C32H24F4N4O3. The molecule has 1 fully saturated rings. The summed E-state index contributed by atoms with van der Waals surface area (Å²) in [6.45, 7) is 1.70. The number of anilines is 1. The van der Waals surface area contributed by atoms with Gasteiger partial charge in [-0.15, -0.1) is 0 Å². The average molecular weight is 589 g/mol. The Morgan fingerprint density at radius 1 is 0.860 bits per heavy atom. The summed E-state index contributed by atoms with van der Waals surface area (Å²) in [5.74, 6) is -4.29. The van der Waals surface area contributed by atoms with Crippen LogP contribution in [0.2, 0.25) is 0 Å². The third kappa shape index (κ3) is 5.57. The molecule has 2 aromatic heterocycles. The normalized spacial score (nSPS) is 17.1. The molecule has 0 saturated heterocycles. The fourth-order valence-electron chi connectivity index (χ4n) is 4.83. The van der Waals surface area contributed by atoms with Crippen LogP contribution >= 0.6 is 0 Å². The number of nitrogens with zero attached hydrogens (tertiary/aromatic N) is 2. The third-order valence-electron chi connectivity index (χ3n) is 7.55. The van der Waals surface area contributed by atoms with Crippen LogP contribution in [0.25, 0.3) is 22.2 Å². The first-order valence-corrected chi connectivity index (χ1v) is 13.5. The smallest absolute Gasteiger partial charge is 0.240 e. The molecule has 2 aliphatic rings. The van der Waals surface area contributed by atoms with Crippen molar-refractivity contribution in [3.63, 3.8) is 0 Å². The molecule has 0 aliphatic heterocycles. The second kappa shape index (κ2) is 11.0. The Labute approximate surface area is 243 Å². The number of hydrogen-bond donors (Lipinski definition) is 2. The maximum Gasteiger partial charge on any atom is 0.240 e. The summed E-state index contributed by atoms with van der Waals surface area (Å²) in [7, 11) is 0. The molecule has 0 spiro atoms. The number of pyridine rings is 2. The molecule has 11 heteroatoms. The number of carbonyl (C=O) groups is 2. The lowest BCUT2D eigenvalue weighted by atomic mass is 9.98. The van der Waals surface area contributed by atoms with Crippen LogP contribution in [0.3, 0.4) is 0 Å². The van der Waals surface area contributed by atoms with Crippen molar-refractivity contribution in [3.05, 3.63) is 102 Å². The lowest BCUT2D eigenvalue weighted by Crippen LogP contribution is -2.40. The molecule has 4 aromatic rings. The van der Waals surface area contributed by atoms with Crippen LogP contribution in [0.4, 0.5) is 23.2 Å². The zero-order valence-electron chi connectivity index (χ0n) is 22.8. The van der Waals surface area contributed by atoms with Crippen molar-refractivity contribution < 1.29 is 31.9 Å². The SMILES string of the molecule is CC1CC(NC(=O)C2(C(=O)Nc3ccc(Oc4ccnc5cc(-c6ccc(F)c(F)c6)ncc45)c(F)c3)CC2)=CC=C1F. The highest BCUT2D eigenvalue weighted by Crippen LogP contribution is 2.47. The first kappa shape index (κ1) is 28.1. The molecule has 0 radical (unpaired) electrons. The molecule has 6 rings (SSSR count). The molecule has 2 heterocycles. The summed E-state index contributed by atoms with van der Waals surface area (Å²) in [6, 6.07) is 10.4. The third-order valence-corrected chi connectivity index (χ3v) is 7.55. The fraction of sp³-hybridized carbons (Fsp3) is 0.188. The highest BCUT2D eigenvalue weighted by Gasteiger charge is 2.56. The van der Waals surface area contributed by atoms with E-state index in [2.05, 4.69) is 20.6 Å². The van der Waals surface area contributed by atoms with Gasteiger partial charge in [-0.1, -0.05) is 6.92 Å². The van der Waals surface area contributed by atoms with Crippen molar-refractivity contribution in [1.82, 2.24) is 15.3 Å². The minimum Gasteiger partial charge on any atom is -0.453 e. The minimum absolute atomic E-state index is 0.132. The molecule has 218 valence electrons. The Balaban J connectivity index is 1.15. The monoisotopic (exact) mass is 588 g/mol. The van der Waals surface area contributed by atoms with Crippen LogP contribution in [-0.2, 0) is 9.59 Å². The lowest BCUT2D eigenvalue weighted by Gasteiger charge is -2.20. The highest BCUT2D eigenvalue weighted by molar-refractivity contribution is 6.13. The van der Waals surface area contributed by atoms with E-state index >= 15 is 4.39 Å². The number of ether oxygens (including phenoxy) is 1. The van der Waals surface area contributed by atoms with E-state index in [9.17, 15) is 22.8 Å². The van der Waals surface area contributed by atoms with E-state index in [1.165, 1.54) is 48.8 Å². The summed E-state index contributed by atoms with van der Waals surface area (Å²) in [6.07, 6.45) is 6.67. The number of carbonyl (C=O) groups excluding carboxylic acids is 2. The van der Waals surface area contributed by atoms with Crippen LogP contribution in [-0.4, -0.2) is 21.8 Å². The number of allylic oxidation sites excluding steroid dienone is 4. The van der Waals surface area contributed by atoms with E-state index in [4.69, 9.17) is 4.74 Å². The number of nitrogens with one attached hydrogen (secondary N) is 2. The predicted octanol–water partition coefficient (Wildman–Crippen LogP) is 7.12. The Morgan fingerprint density at radius 2 is 1.65 bits per heavy atom. The standard InChI is InChI=1S/C32H24F4N4O3/c1-17-12-19(3-6-22(17)33)39-30(41)32(9-10-32)31(42)40-20-4-7-29(25(36)14-20)43-28-8-11-37-27-15-26(38-16-21(27)28)18-2-5-23(34)24(35)13-18/h2-8,11,13-17H,9-10,12H2,1H3,(H,39,41)(H,40,42). The molecule has 7 nitrogen and oxygen atoms in total. The average Bonchev–Trinajstić information content (AvgIpc) is 3.80. The van der Waals surface area contributed by atoms with E-state index in [-0.39, 0.29) is 28.9 Å². The van der Waals surface area contributed by atoms with Crippen LogP contribution in [0.5, 0.6) is 11.5 Å². The second-order valence-corrected chi connectivity index (χ2v) is 10.6. The number of rotatable bonds is 7. The van der Waals surface area contributed by atoms with Gasteiger partial charge in [0.15, 0.2) is 23.2 Å². The summed E-state index contributed by atoms with van der Waals surface area (Å²) in [4.78, 5) is 34.5. The van der Waals surface area contributed by atoms with Crippen molar-refractivity contribution in [2.75, 3.05) is 5.32 Å². The summed E-state index contributed by atoms with van der Waals surface area (Å²) < 4.78 is 61.5. The van der Waals surface area contributed by atoms with Crippen molar-refractivity contribution in [2.24, 2.45) is 11.3 Å². The van der Waals surface area contributed by atoms with Gasteiger partial charge < -0.3 is 15.4 Å². The molecule has 0 bridgehead atoms. The summed E-state index contributed by atoms with van der Waals surface area (Å²) >= 11 is 0. The van der Waals surface area contributed by atoms with Crippen molar-refractivity contribution in [2.45, 2.75) is 26.2 Å². The van der Waals surface area contributed by atoms with Crippen LogP contribution in [0.1, 0.15) is 26.2 Å². The summed E-state index contributed by atoms with van der Waals surface area (Å²) in [5, 5.41) is 5.80. The number of benzene rings is 2. The van der Waals surface area contributed by atoms with Crippen molar-refractivity contribution >= 4 is 28.4 Å². The van der Waals surface area contributed by atoms with Crippen LogP contribution < -0.4 is 15.4 Å². The number of halogens is 4. The second-order valence-electron chi connectivity index (χ2n) is 10.6. The zero-order chi connectivity index (χ0) is 30.3. The maximum atomic E-state index is 15.1. The largest absolute Gasteiger partial charge is 0.453 e. The Hall–Kier alpha value is -5.06. The first-order chi connectivity index (χ1) is 20.6. The molecule has 1 atom stereocenters. The van der Waals surface area contributed by atoms with E-state index in [0.717, 1.165) is 18.2 Å². The van der Waals surface area contributed by atoms with E-state index in [1.807, 2.05) is 0 Å². The number of hydrogen-bond acceptors (Lipinski definition) is 5. The van der Waals surface area contributed by atoms with Gasteiger partial charge in [0.1, 0.15) is 17.0 Å². The Morgan fingerprint density at radius 3 is 2.37 bits per heavy atom. The van der Waals surface area contributed by atoms with Gasteiger partial charge in [-0.2, -0.15) is 0 Å². The first-order valence-electron chi connectivity index (χ1n) is 13.5. The number of amides is 2. The Bertz CT molecular complexity index is 1850. The maximum absolute atomic E-state index is 15.1. The van der Waals surface area contributed by atoms with E-state index in [0.29, 0.717) is 47.1 Å². The highest BCUT2D eigenvalue weighted by atomic mass is 19.2. The van der Waals surface area contributed by atoms with Gasteiger partial charge in [-0.25, -0.2) is 17.6 Å². The molecule has 2 aliphatic carbocycles. The van der Waals surface area contributed by atoms with Gasteiger partial charge in [0.05, 0.1) is 16.6 Å². The van der Waals surface area contributed by atoms with Gasteiger partial charge >= 0.3 is 0 Å². The molecule has 2 N–H and O–H groups in total. The van der Waals surface area contributed by atoms with E-state index < -0.39 is 34.7 Å². The quantitative estimate of drug-likeness (QED) is 0.177. The predicted molar refractivity (Wildman–Crippen MR) is 151 cm³/mol. The zero-order valence-corrected chi connectivity index (χ0v) is 22.8. The number of aromatic nitrogens is 2.